The van der Waals surface area contributed by atoms with E-state index in [1.54, 1.807) is 0 Å². The van der Waals surface area contributed by atoms with Crippen molar-refractivity contribution in [1.82, 2.24) is 0 Å². The molecule has 0 aliphatic carbocycles. The predicted octanol–water partition coefficient (Wildman–Crippen LogP) is 4.81. The van der Waals surface area contributed by atoms with Crippen LogP contribution >= 0.6 is 23.5 Å². The molecule has 1 unspecified atom stereocenters. The van der Waals surface area contributed by atoms with Crippen molar-refractivity contribution in [3.8, 4) is 12.3 Å². The van der Waals surface area contributed by atoms with Gasteiger partial charge in [-0.05, 0) is 41.0 Å². The maximum atomic E-state index is 5.38. The third-order valence-corrected chi connectivity index (χ3v) is 6.93. The maximum Gasteiger partial charge on any atom is 0.0751 e. The van der Waals surface area contributed by atoms with Crippen LogP contribution < -0.4 is 0 Å². The van der Waals surface area contributed by atoms with E-state index in [1.807, 2.05) is 0 Å². The molecule has 0 saturated carbocycles. The highest BCUT2D eigenvalue weighted by atomic mass is 32.2. The lowest BCUT2D eigenvalue weighted by Crippen LogP contribution is -2.21. The number of terminal acetylenes is 1. The molecule has 0 amide bonds. The van der Waals surface area contributed by atoms with Crippen LogP contribution in [0.3, 0.4) is 0 Å². The first kappa shape index (κ1) is 13.9. The van der Waals surface area contributed by atoms with Gasteiger partial charge >= 0.3 is 0 Å². The summed E-state index contributed by atoms with van der Waals surface area (Å²) in [6.07, 6.45) is 6.68. The minimum absolute atomic E-state index is 0.595. The summed E-state index contributed by atoms with van der Waals surface area (Å²) in [5.41, 5.74) is 2.38. The predicted molar refractivity (Wildman–Crippen MR) is 85.0 cm³/mol. The molecule has 0 bridgehead atoms. The van der Waals surface area contributed by atoms with Gasteiger partial charge in [-0.1, -0.05) is 38.3 Å². The molecule has 1 aliphatic heterocycles. The van der Waals surface area contributed by atoms with E-state index in [1.165, 1.54) is 23.5 Å². The van der Waals surface area contributed by atoms with Crippen LogP contribution in [0.15, 0.2) is 24.3 Å². The summed E-state index contributed by atoms with van der Waals surface area (Å²) in [6, 6.07) is 8.47. The van der Waals surface area contributed by atoms with E-state index in [4.69, 9.17) is 6.42 Å². The molecule has 2 heteroatoms. The lowest BCUT2D eigenvalue weighted by molar-refractivity contribution is 0.418. The summed E-state index contributed by atoms with van der Waals surface area (Å²) in [6.45, 7) is 4.68. The van der Waals surface area contributed by atoms with E-state index in [0.29, 0.717) is 4.58 Å². The molecule has 1 aromatic carbocycles. The number of thioether (sulfide) groups is 2. The molecule has 1 saturated heterocycles. The van der Waals surface area contributed by atoms with E-state index in [9.17, 15) is 0 Å². The highest BCUT2D eigenvalue weighted by Gasteiger charge is 2.26. The van der Waals surface area contributed by atoms with Crippen molar-refractivity contribution in [2.24, 2.45) is 11.8 Å². The second-order valence-electron chi connectivity index (χ2n) is 4.91. The van der Waals surface area contributed by atoms with Crippen molar-refractivity contribution in [2.75, 3.05) is 11.5 Å². The number of hydrogen-bond donors (Lipinski definition) is 0. The van der Waals surface area contributed by atoms with Gasteiger partial charge in [-0.15, -0.1) is 29.9 Å². The molecule has 1 aromatic rings. The maximum absolute atomic E-state index is 5.38. The summed E-state index contributed by atoms with van der Waals surface area (Å²) >= 11 is 4.19. The normalized spacial score (nSPS) is 25.4. The van der Waals surface area contributed by atoms with Crippen molar-refractivity contribution in [3.63, 3.8) is 0 Å². The Kier molecular flexibility index (Phi) is 5.09. The van der Waals surface area contributed by atoms with Gasteiger partial charge in [0.25, 0.3) is 0 Å². The minimum Gasteiger partial charge on any atom is -0.142 e. The van der Waals surface area contributed by atoms with Crippen molar-refractivity contribution in [2.45, 2.75) is 24.9 Å². The molecule has 2 rings (SSSR count). The molecular formula is C16H20S2. The van der Waals surface area contributed by atoms with E-state index in [0.717, 1.165) is 17.4 Å². The first-order valence-corrected chi connectivity index (χ1v) is 8.64. The molecule has 1 aliphatic rings. The first-order chi connectivity index (χ1) is 8.74. The fourth-order valence-corrected chi connectivity index (χ4v) is 5.55. The number of hydrogen-bond acceptors (Lipinski definition) is 2. The lowest BCUT2D eigenvalue weighted by atomic mass is 9.95. The fourth-order valence-electron chi connectivity index (χ4n) is 2.11. The molecular weight excluding hydrogens is 256 g/mol. The molecule has 0 nitrogen and oxygen atoms in total. The Morgan fingerprint density at radius 2 is 1.89 bits per heavy atom. The molecule has 1 atom stereocenters. The molecule has 0 radical (unpaired) electrons. The van der Waals surface area contributed by atoms with Crippen LogP contribution in [-0.4, -0.2) is 11.5 Å². The average molecular weight is 276 g/mol. The largest absolute Gasteiger partial charge is 0.142 e. The van der Waals surface area contributed by atoms with Crippen LogP contribution in [-0.2, 0) is 0 Å². The van der Waals surface area contributed by atoms with Crippen LogP contribution in [0.5, 0.6) is 0 Å². The van der Waals surface area contributed by atoms with Crippen molar-refractivity contribution < 1.29 is 0 Å². The number of benzene rings is 1. The summed E-state index contributed by atoms with van der Waals surface area (Å²) in [7, 11) is 0. The Labute approximate surface area is 119 Å². The van der Waals surface area contributed by atoms with Crippen molar-refractivity contribution >= 4 is 23.5 Å². The van der Waals surface area contributed by atoms with E-state index in [-0.39, 0.29) is 0 Å². The Balaban J connectivity index is 1.95. The van der Waals surface area contributed by atoms with Gasteiger partial charge in [0.2, 0.25) is 0 Å². The van der Waals surface area contributed by atoms with Crippen molar-refractivity contribution in [1.29, 1.82) is 0 Å². The summed E-state index contributed by atoms with van der Waals surface area (Å²) in [5.74, 6) is 7.00. The van der Waals surface area contributed by atoms with Crippen LogP contribution in [0.4, 0.5) is 0 Å². The summed E-state index contributed by atoms with van der Waals surface area (Å²) in [5, 5.41) is 0. The molecule has 1 heterocycles. The zero-order valence-electron chi connectivity index (χ0n) is 11.1. The van der Waals surface area contributed by atoms with E-state index >= 15 is 0 Å². The second kappa shape index (κ2) is 6.59. The van der Waals surface area contributed by atoms with Gasteiger partial charge in [-0.3, -0.25) is 0 Å². The summed E-state index contributed by atoms with van der Waals surface area (Å²) < 4.78 is 0.595. The molecule has 0 aromatic heterocycles. The van der Waals surface area contributed by atoms with Gasteiger partial charge in [-0.25, -0.2) is 0 Å². The zero-order valence-corrected chi connectivity index (χ0v) is 12.7. The Bertz CT molecular complexity index is 408. The lowest BCUT2D eigenvalue weighted by Gasteiger charge is -2.31. The van der Waals surface area contributed by atoms with Gasteiger partial charge in [0.15, 0.2) is 0 Å². The zero-order chi connectivity index (χ0) is 13.0. The molecule has 0 N–H and O–H groups in total. The minimum atomic E-state index is 0.595. The van der Waals surface area contributed by atoms with Gasteiger partial charge < -0.3 is 0 Å². The van der Waals surface area contributed by atoms with Crippen LogP contribution in [0, 0.1) is 24.2 Å². The summed E-state index contributed by atoms with van der Waals surface area (Å²) in [4.78, 5) is 0. The van der Waals surface area contributed by atoms with Crippen LogP contribution in [0.1, 0.15) is 36.0 Å². The highest BCUT2D eigenvalue weighted by Crippen LogP contribution is 2.47. The fraction of sp³-hybridized carbons (Fsp3) is 0.500. The smallest absolute Gasteiger partial charge is 0.0751 e. The Morgan fingerprint density at radius 1 is 1.28 bits per heavy atom. The average Bonchev–Trinajstić information content (AvgIpc) is 2.47. The van der Waals surface area contributed by atoms with Gasteiger partial charge in [0, 0.05) is 5.56 Å². The molecule has 18 heavy (non-hydrogen) atoms. The third kappa shape index (κ3) is 3.28. The quantitative estimate of drug-likeness (QED) is 0.727. The van der Waals surface area contributed by atoms with E-state index < -0.39 is 0 Å². The number of rotatable bonds is 3. The standard InChI is InChI=1S/C16H20S2/c1-4-12(3)15-10-17-16(18-11-15)14-8-6-13(5-2)7-9-14/h2,6-9,12,15-16H,4,10-11H2,1,3H3/t12?,15-,16-. The topological polar surface area (TPSA) is 0 Å². The first-order valence-electron chi connectivity index (χ1n) is 6.54. The molecule has 0 spiro atoms. The molecule has 96 valence electrons. The van der Waals surface area contributed by atoms with Crippen LogP contribution in [0.2, 0.25) is 0 Å². The Morgan fingerprint density at radius 3 is 2.39 bits per heavy atom. The second-order valence-corrected chi connectivity index (χ2v) is 7.49. The monoisotopic (exact) mass is 276 g/mol. The molecule has 1 fully saturated rings. The third-order valence-electron chi connectivity index (χ3n) is 3.72. The highest BCUT2D eigenvalue weighted by molar-refractivity contribution is 8.16. The van der Waals surface area contributed by atoms with Crippen LogP contribution in [0.25, 0.3) is 0 Å². The van der Waals surface area contributed by atoms with Gasteiger partial charge in [0.1, 0.15) is 0 Å². The van der Waals surface area contributed by atoms with E-state index in [2.05, 4.69) is 67.6 Å². The van der Waals surface area contributed by atoms with Gasteiger partial charge in [0.05, 0.1) is 4.58 Å². The van der Waals surface area contributed by atoms with Crippen molar-refractivity contribution in [3.05, 3.63) is 35.4 Å². The van der Waals surface area contributed by atoms with Gasteiger partial charge in [-0.2, -0.15) is 0 Å². The Hall–Kier alpha value is -0.520. The SMILES string of the molecule is C#Cc1ccc([C@H]2SC[C@H](C(C)CC)CS2)cc1.